The Hall–Kier alpha value is -3.02. The molecule has 0 unspecified atom stereocenters. The van der Waals surface area contributed by atoms with E-state index in [0.717, 1.165) is 5.56 Å². The molecule has 0 aliphatic carbocycles. The number of benzene rings is 2. The third-order valence-electron chi connectivity index (χ3n) is 3.71. The van der Waals surface area contributed by atoms with Gasteiger partial charge in [-0.3, -0.25) is 9.59 Å². The first-order chi connectivity index (χ1) is 12.0. The Bertz CT molecular complexity index is 755. The maximum Gasteiger partial charge on any atom is 0.253 e. The number of carbonyl (C=O) groups excluding carboxylic acids is 2. The quantitative estimate of drug-likeness (QED) is 0.875. The first-order valence-electron chi connectivity index (χ1n) is 7.77. The van der Waals surface area contributed by atoms with Crippen molar-refractivity contribution < 1.29 is 19.1 Å². The molecule has 132 valence electrons. The summed E-state index contributed by atoms with van der Waals surface area (Å²) in [6.07, 6.45) is 0. The van der Waals surface area contributed by atoms with E-state index in [1.807, 2.05) is 12.1 Å². The summed E-state index contributed by atoms with van der Waals surface area (Å²) in [6, 6.07) is 12.1. The van der Waals surface area contributed by atoms with Crippen molar-refractivity contribution in [2.45, 2.75) is 6.54 Å². The SMILES string of the molecule is COc1ccc(C(=O)NCc2ccc(C(=O)N(C)C)cc2)cc1OC. The Morgan fingerprint density at radius 1 is 0.920 bits per heavy atom. The molecule has 25 heavy (non-hydrogen) atoms. The largest absolute Gasteiger partial charge is 0.493 e. The first-order valence-corrected chi connectivity index (χ1v) is 7.77. The third-order valence-corrected chi connectivity index (χ3v) is 3.71. The molecule has 2 aromatic carbocycles. The lowest BCUT2D eigenvalue weighted by molar-refractivity contribution is 0.0827. The van der Waals surface area contributed by atoms with Crippen molar-refractivity contribution in [2.75, 3.05) is 28.3 Å². The predicted octanol–water partition coefficient (Wildman–Crippen LogP) is 2.34. The molecule has 6 nitrogen and oxygen atoms in total. The maximum atomic E-state index is 12.3. The van der Waals surface area contributed by atoms with E-state index in [9.17, 15) is 9.59 Å². The summed E-state index contributed by atoms with van der Waals surface area (Å²) in [5, 5.41) is 2.84. The van der Waals surface area contributed by atoms with Gasteiger partial charge in [-0.2, -0.15) is 0 Å². The topological polar surface area (TPSA) is 67.9 Å². The number of hydrogen-bond acceptors (Lipinski definition) is 4. The van der Waals surface area contributed by atoms with Crippen LogP contribution >= 0.6 is 0 Å². The number of rotatable bonds is 6. The molecular weight excluding hydrogens is 320 g/mol. The molecule has 6 heteroatoms. The van der Waals surface area contributed by atoms with Crippen LogP contribution < -0.4 is 14.8 Å². The van der Waals surface area contributed by atoms with Gasteiger partial charge in [0, 0.05) is 31.8 Å². The minimum Gasteiger partial charge on any atom is -0.493 e. The van der Waals surface area contributed by atoms with Gasteiger partial charge in [-0.05, 0) is 35.9 Å². The van der Waals surface area contributed by atoms with Gasteiger partial charge in [-0.1, -0.05) is 12.1 Å². The van der Waals surface area contributed by atoms with Crippen molar-refractivity contribution >= 4 is 11.8 Å². The summed E-state index contributed by atoms with van der Waals surface area (Å²) < 4.78 is 10.4. The highest BCUT2D eigenvalue weighted by Crippen LogP contribution is 2.27. The Morgan fingerprint density at radius 3 is 2.08 bits per heavy atom. The van der Waals surface area contributed by atoms with Crippen molar-refractivity contribution in [2.24, 2.45) is 0 Å². The second kappa shape index (κ2) is 8.19. The summed E-state index contributed by atoms with van der Waals surface area (Å²) in [5.41, 5.74) is 2.00. The lowest BCUT2D eigenvalue weighted by atomic mass is 10.1. The van der Waals surface area contributed by atoms with Crippen LogP contribution in [-0.2, 0) is 6.54 Å². The molecule has 0 spiro atoms. The third kappa shape index (κ3) is 4.50. The van der Waals surface area contributed by atoms with Crippen LogP contribution in [0.15, 0.2) is 42.5 Å². The van der Waals surface area contributed by atoms with Gasteiger partial charge in [-0.15, -0.1) is 0 Å². The fourth-order valence-corrected chi connectivity index (χ4v) is 2.29. The minimum absolute atomic E-state index is 0.0547. The summed E-state index contributed by atoms with van der Waals surface area (Å²) in [4.78, 5) is 25.7. The van der Waals surface area contributed by atoms with Gasteiger partial charge >= 0.3 is 0 Å². The zero-order valence-electron chi connectivity index (χ0n) is 14.8. The molecule has 0 bridgehead atoms. The van der Waals surface area contributed by atoms with E-state index in [1.54, 1.807) is 51.5 Å². The van der Waals surface area contributed by atoms with Gasteiger partial charge in [0.25, 0.3) is 11.8 Å². The standard InChI is InChI=1S/C19H22N2O4/c1-21(2)19(23)14-7-5-13(6-8-14)12-20-18(22)15-9-10-16(24-3)17(11-15)25-4/h5-11H,12H2,1-4H3,(H,20,22). The van der Waals surface area contributed by atoms with Crippen LogP contribution in [0.4, 0.5) is 0 Å². The number of carbonyl (C=O) groups is 2. The van der Waals surface area contributed by atoms with E-state index in [2.05, 4.69) is 5.32 Å². The molecule has 1 N–H and O–H groups in total. The molecule has 0 aromatic heterocycles. The first kappa shape index (κ1) is 18.3. The zero-order chi connectivity index (χ0) is 18.4. The average molecular weight is 342 g/mol. The highest BCUT2D eigenvalue weighted by molar-refractivity contribution is 5.95. The van der Waals surface area contributed by atoms with Crippen LogP contribution in [0.5, 0.6) is 11.5 Å². The van der Waals surface area contributed by atoms with Crippen LogP contribution in [0.25, 0.3) is 0 Å². The summed E-state index contributed by atoms with van der Waals surface area (Å²) in [6.45, 7) is 0.365. The number of amides is 2. The monoisotopic (exact) mass is 342 g/mol. The molecule has 0 atom stereocenters. The van der Waals surface area contributed by atoms with E-state index in [1.165, 1.54) is 12.0 Å². The van der Waals surface area contributed by atoms with Gasteiger partial charge in [0.05, 0.1) is 14.2 Å². The molecule has 0 fully saturated rings. The highest BCUT2D eigenvalue weighted by Gasteiger charge is 2.11. The Labute approximate surface area is 147 Å². The average Bonchev–Trinajstić information content (AvgIpc) is 2.65. The number of methoxy groups -OCH3 is 2. The minimum atomic E-state index is -0.214. The second-order valence-corrected chi connectivity index (χ2v) is 5.65. The molecule has 0 aliphatic heterocycles. The van der Waals surface area contributed by atoms with Crippen LogP contribution in [0.2, 0.25) is 0 Å². The molecule has 0 radical (unpaired) electrons. The van der Waals surface area contributed by atoms with Crippen molar-refractivity contribution in [3.8, 4) is 11.5 Å². The zero-order valence-corrected chi connectivity index (χ0v) is 14.8. The lowest BCUT2D eigenvalue weighted by Crippen LogP contribution is -2.23. The van der Waals surface area contributed by atoms with E-state index in [4.69, 9.17) is 9.47 Å². The van der Waals surface area contributed by atoms with E-state index in [-0.39, 0.29) is 11.8 Å². The van der Waals surface area contributed by atoms with E-state index >= 15 is 0 Å². The molecule has 2 amide bonds. The number of nitrogens with zero attached hydrogens (tertiary/aromatic N) is 1. The molecule has 0 heterocycles. The van der Waals surface area contributed by atoms with E-state index in [0.29, 0.717) is 29.2 Å². The van der Waals surface area contributed by atoms with Gasteiger partial charge in [-0.25, -0.2) is 0 Å². The van der Waals surface area contributed by atoms with Gasteiger partial charge < -0.3 is 19.7 Å². The Kier molecular flexibility index (Phi) is 6.00. The van der Waals surface area contributed by atoms with Crippen LogP contribution in [0, 0.1) is 0 Å². The molecule has 0 saturated carbocycles. The van der Waals surface area contributed by atoms with Crippen molar-refractivity contribution in [3.63, 3.8) is 0 Å². The van der Waals surface area contributed by atoms with E-state index < -0.39 is 0 Å². The van der Waals surface area contributed by atoms with Crippen LogP contribution in [-0.4, -0.2) is 45.0 Å². The Morgan fingerprint density at radius 2 is 1.52 bits per heavy atom. The number of nitrogens with one attached hydrogen (secondary N) is 1. The Balaban J connectivity index is 2.01. The summed E-state index contributed by atoms with van der Waals surface area (Å²) in [7, 11) is 6.48. The predicted molar refractivity (Wildman–Crippen MR) is 95.2 cm³/mol. The van der Waals surface area contributed by atoms with Crippen LogP contribution in [0.1, 0.15) is 26.3 Å². The lowest BCUT2D eigenvalue weighted by Gasteiger charge is -2.11. The fraction of sp³-hybridized carbons (Fsp3) is 0.263. The van der Waals surface area contributed by atoms with Crippen molar-refractivity contribution in [1.29, 1.82) is 0 Å². The molecular formula is C19H22N2O4. The molecule has 0 saturated heterocycles. The van der Waals surface area contributed by atoms with Crippen LogP contribution in [0.3, 0.4) is 0 Å². The summed E-state index contributed by atoms with van der Waals surface area (Å²) >= 11 is 0. The number of ether oxygens (including phenoxy) is 2. The second-order valence-electron chi connectivity index (χ2n) is 5.65. The molecule has 2 rings (SSSR count). The maximum absolute atomic E-state index is 12.3. The smallest absolute Gasteiger partial charge is 0.253 e. The molecule has 0 aliphatic rings. The molecule has 2 aromatic rings. The van der Waals surface area contributed by atoms with Crippen molar-refractivity contribution in [1.82, 2.24) is 10.2 Å². The summed E-state index contributed by atoms with van der Waals surface area (Å²) in [5.74, 6) is 0.803. The normalized spacial score (nSPS) is 10.1. The van der Waals surface area contributed by atoms with Gasteiger partial charge in [0.2, 0.25) is 0 Å². The fourth-order valence-electron chi connectivity index (χ4n) is 2.29. The highest BCUT2D eigenvalue weighted by atomic mass is 16.5. The van der Waals surface area contributed by atoms with Crippen molar-refractivity contribution in [3.05, 3.63) is 59.2 Å². The number of hydrogen-bond donors (Lipinski definition) is 1. The van der Waals surface area contributed by atoms with Gasteiger partial charge in [0.15, 0.2) is 11.5 Å². The van der Waals surface area contributed by atoms with Gasteiger partial charge in [0.1, 0.15) is 0 Å².